The third kappa shape index (κ3) is 4.92. The van der Waals surface area contributed by atoms with E-state index in [2.05, 4.69) is 26.3 Å². The SMILES string of the molecule is C=Cc1c(F)c(F)c([B-](c2c(F)c(F)c(C=C)c(F)c2F)(c2c(F)c(F)c(C=C)c(F)c2F)c2c(F)c(F)c(C=C)c(F)c2F)c(F)c1F.[CH3+]. The van der Waals surface area contributed by atoms with Gasteiger partial charge >= 0.3 is 0 Å². The second-order valence-corrected chi connectivity index (χ2v) is 10.0. The van der Waals surface area contributed by atoms with E-state index in [9.17, 15) is 0 Å². The maximum atomic E-state index is 16.1. The molecule has 0 spiro atoms. The van der Waals surface area contributed by atoms with Crippen molar-refractivity contribution in [1.29, 1.82) is 0 Å². The molecule has 0 aliphatic rings. The summed E-state index contributed by atoms with van der Waals surface area (Å²) in [6.07, 6.45) is -6.63. The minimum absolute atomic E-state index is 0. The molecule has 0 aliphatic carbocycles. The van der Waals surface area contributed by atoms with Gasteiger partial charge in [-0.1, -0.05) is 50.6 Å². The molecule has 4 rings (SSSR count). The van der Waals surface area contributed by atoms with Gasteiger partial charge in [-0.2, -0.15) is 0 Å². The van der Waals surface area contributed by atoms with Crippen molar-refractivity contribution in [3.05, 3.63) is 149 Å². The Morgan fingerprint density at radius 3 is 0.480 bits per heavy atom. The van der Waals surface area contributed by atoms with E-state index in [-0.39, 0.29) is 31.7 Å². The quantitative estimate of drug-likeness (QED) is 0.0743. The van der Waals surface area contributed by atoms with Crippen molar-refractivity contribution in [1.82, 2.24) is 0 Å². The average molecular weight is 726 g/mol. The maximum absolute atomic E-state index is 16.1. The van der Waals surface area contributed by atoms with Crippen LogP contribution in [0.5, 0.6) is 0 Å². The molecule has 17 heteroatoms. The van der Waals surface area contributed by atoms with Crippen molar-refractivity contribution in [2.75, 3.05) is 0 Å². The second kappa shape index (κ2) is 13.5. The Morgan fingerprint density at radius 2 is 0.380 bits per heavy atom. The summed E-state index contributed by atoms with van der Waals surface area (Å²) < 4.78 is 252. The lowest BCUT2D eigenvalue weighted by Gasteiger charge is -2.45. The highest BCUT2D eigenvalue weighted by atomic mass is 19.2. The predicted octanol–water partition coefficient (Wildman–Crippen LogP) is 8.31. The molecule has 0 saturated heterocycles. The summed E-state index contributed by atoms with van der Waals surface area (Å²) in [4.78, 5) is 0. The molecular formula is C33H15BF16. The van der Waals surface area contributed by atoms with Crippen molar-refractivity contribution >= 4 is 52.3 Å². The van der Waals surface area contributed by atoms with Crippen LogP contribution in [-0.2, 0) is 0 Å². The van der Waals surface area contributed by atoms with E-state index in [4.69, 9.17) is 0 Å². The summed E-state index contributed by atoms with van der Waals surface area (Å²) in [6.45, 7) is 11.3. The van der Waals surface area contributed by atoms with Gasteiger partial charge < -0.3 is 0 Å². The summed E-state index contributed by atoms with van der Waals surface area (Å²) in [5, 5.41) is 0. The molecule has 0 unspecified atom stereocenters. The minimum atomic E-state index is -6.71. The van der Waals surface area contributed by atoms with Crippen LogP contribution >= 0.6 is 0 Å². The molecule has 0 radical (unpaired) electrons. The van der Waals surface area contributed by atoms with Gasteiger partial charge in [0.1, 0.15) is 52.7 Å². The molecule has 0 aromatic heterocycles. The van der Waals surface area contributed by atoms with Crippen molar-refractivity contribution in [2.24, 2.45) is 0 Å². The van der Waals surface area contributed by atoms with E-state index in [1.54, 1.807) is 0 Å². The largest absolute Gasteiger partial charge is 0.207 e. The fourth-order valence-corrected chi connectivity index (χ4v) is 5.77. The van der Waals surface area contributed by atoms with Crippen molar-refractivity contribution in [3.63, 3.8) is 0 Å². The standard InChI is InChI=1S/C32H12BF16.CH3/c1-5-9-17(34)25(42)13(26(43)18(9)35)33(14-27(44)19(36)10(6-2)20(37)28(14)45,15-29(46)21(38)11(7-3)22(39)30(15)47)16-31(48)23(40)12(8-4)24(41)32(16)49;/h5-8H,1-4H2;1H3/q-1;+1. The monoisotopic (exact) mass is 726 g/mol. The van der Waals surface area contributed by atoms with Crippen LogP contribution in [0.2, 0.25) is 0 Å². The van der Waals surface area contributed by atoms with Gasteiger partial charge in [0.15, 0.2) is 46.5 Å². The predicted molar refractivity (Wildman–Crippen MR) is 156 cm³/mol. The fourth-order valence-electron chi connectivity index (χ4n) is 5.77. The van der Waals surface area contributed by atoms with Gasteiger partial charge in [0, 0.05) is 7.43 Å². The number of hydrogen-bond donors (Lipinski definition) is 0. The van der Waals surface area contributed by atoms with Gasteiger partial charge in [0.25, 0.3) is 0 Å². The van der Waals surface area contributed by atoms with Gasteiger partial charge in [-0.15, -0.1) is 21.9 Å². The smallest absolute Gasteiger partial charge is 0.165 e. The second-order valence-electron chi connectivity index (χ2n) is 10.0. The Kier molecular flexibility index (Phi) is 10.6. The molecule has 0 fully saturated rings. The zero-order valence-electron chi connectivity index (χ0n) is 24.8. The third-order valence-electron chi connectivity index (χ3n) is 7.87. The van der Waals surface area contributed by atoms with E-state index in [0.29, 0.717) is 0 Å². The highest BCUT2D eigenvalue weighted by molar-refractivity contribution is 7.20. The third-order valence-corrected chi connectivity index (χ3v) is 7.87. The molecule has 0 saturated carbocycles. The van der Waals surface area contributed by atoms with Crippen molar-refractivity contribution in [3.8, 4) is 0 Å². The van der Waals surface area contributed by atoms with E-state index in [1.165, 1.54) is 0 Å². The lowest BCUT2D eigenvalue weighted by Crippen LogP contribution is -2.81. The summed E-state index contributed by atoms with van der Waals surface area (Å²) in [5.41, 5.74) is -19.7. The molecule has 50 heavy (non-hydrogen) atoms. The van der Waals surface area contributed by atoms with E-state index in [0.717, 1.165) is 0 Å². The number of hydrogen-bond acceptors (Lipinski definition) is 0. The van der Waals surface area contributed by atoms with Crippen molar-refractivity contribution in [2.45, 2.75) is 0 Å². The lowest BCUT2D eigenvalue weighted by molar-refractivity contribution is 0.450. The topological polar surface area (TPSA) is 0 Å². The normalized spacial score (nSPS) is 11.4. The van der Waals surface area contributed by atoms with Crippen LogP contribution in [0.4, 0.5) is 70.2 Å². The summed E-state index contributed by atoms with van der Waals surface area (Å²) in [5.74, 6) is -47.5. The summed E-state index contributed by atoms with van der Waals surface area (Å²) >= 11 is 0. The maximum Gasteiger partial charge on any atom is 0.165 e. The highest BCUT2D eigenvalue weighted by Crippen LogP contribution is 2.32. The molecule has 0 bridgehead atoms. The van der Waals surface area contributed by atoms with Gasteiger partial charge in [-0.3, -0.25) is 0 Å². The first kappa shape index (κ1) is 39.1. The molecule has 262 valence electrons. The minimum Gasteiger partial charge on any atom is -0.207 e. The van der Waals surface area contributed by atoms with E-state index >= 15 is 70.2 Å². The molecule has 0 atom stereocenters. The number of rotatable bonds is 8. The van der Waals surface area contributed by atoms with Crippen LogP contribution in [0.1, 0.15) is 22.3 Å². The van der Waals surface area contributed by atoms with Crippen LogP contribution in [0.25, 0.3) is 24.3 Å². The first-order chi connectivity index (χ1) is 22.9. The number of halogens is 16. The van der Waals surface area contributed by atoms with Gasteiger partial charge in [0.2, 0.25) is 0 Å². The summed E-state index contributed by atoms with van der Waals surface area (Å²) in [6, 6.07) is 0. The van der Waals surface area contributed by atoms with E-state index in [1.807, 2.05) is 0 Å². The lowest BCUT2D eigenvalue weighted by atomic mass is 9.12. The molecule has 0 aliphatic heterocycles. The summed E-state index contributed by atoms with van der Waals surface area (Å²) in [7, 11) is 0. The van der Waals surface area contributed by atoms with Gasteiger partial charge in [0.05, 0.1) is 22.3 Å². The average Bonchev–Trinajstić information content (AvgIpc) is 3.06. The highest BCUT2D eigenvalue weighted by Gasteiger charge is 2.51. The molecular weight excluding hydrogens is 711 g/mol. The molecule has 0 N–H and O–H groups in total. The Balaban J connectivity index is 0.00000676. The Hall–Kier alpha value is -5.35. The fraction of sp³-hybridized carbons (Fsp3) is 0. The molecule has 0 heterocycles. The van der Waals surface area contributed by atoms with Crippen LogP contribution in [0.3, 0.4) is 0 Å². The van der Waals surface area contributed by atoms with Gasteiger partial charge in [-0.05, 0) is 0 Å². The Morgan fingerprint density at radius 1 is 0.260 bits per heavy atom. The molecule has 4 aromatic carbocycles. The Labute approximate surface area is 271 Å². The first-order valence-electron chi connectivity index (χ1n) is 13.0. The van der Waals surface area contributed by atoms with Crippen LogP contribution in [0.15, 0.2) is 26.3 Å². The zero-order valence-corrected chi connectivity index (χ0v) is 24.8. The van der Waals surface area contributed by atoms with Crippen LogP contribution in [0, 0.1) is 101 Å². The van der Waals surface area contributed by atoms with Crippen LogP contribution in [-0.4, -0.2) is 6.15 Å². The Bertz CT molecular complexity index is 1750. The zero-order chi connectivity index (χ0) is 37.2. The van der Waals surface area contributed by atoms with Crippen LogP contribution < -0.4 is 21.9 Å². The number of benzene rings is 4. The molecule has 4 aromatic rings. The van der Waals surface area contributed by atoms with Gasteiger partial charge in [-0.25, -0.2) is 70.2 Å². The molecule has 0 nitrogen and oxygen atoms in total. The van der Waals surface area contributed by atoms with E-state index < -0.39 is 143 Å². The van der Waals surface area contributed by atoms with Crippen molar-refractivity contribution < 1.29 is 70.2 Å². The molecule has 0 amide bonds. The first-order valence-corrected chi connectivity index (χ1v) is 13.0.